The molecule has 0 amide bonds. The number of nitrogens with one attached hydrogen (secondary N) is 1. The highest BCUT2D eigenvalue weighted by atomic mass is 32.2. The van der Waals surface area contributed by atoms with Crippen LogP contribution in [-0.2, 0) is 6.42 Å². The number of thioether (sulfide) groups is 1. The van der Waals surface area contributed by atoms with E-state index in [2.05, 4.69) is 29.0 Å². The molecular weight excluding hydrogens is 292 g/mol. The molecule has 0 saturated heterocycles. The van der Waals surface area contributed by atoms with E-state index in [0.29, 0.717) is 5.75 Å². The van der Waals surface area contributed by atoms with E-state index < -0.39 is 0 Å². The van der Waals surface area contributed by atoms with Gasteiger partial charge in [0.05, 0.1) is 16.8 Å². The number of rotatable bonds is 6. The molecule has 22 heavy (non-hydrogen) atoms. The molecule has 0 spiro atoms. The smallest absolute Gasteiger partial charge is 0.172 e. The Morgan fingerprint density at radius 2 is 2.00 bits per heavy atom. The summed E-state index contributed by atoms with van der Waals surface area (Å²) in [6.07, 6.45) is 0.768. The van der Waals surface area contributed by atoms with E-state index >= 15 is 0 Å². The molecule has 3 rings (SSSR count). The topological polar surface area (TPSA) is 45.8 Å². The molecule has 1 heterocycles. The molecule has 0 atom stereocenters. The summed E-state index contributed by atoms with van der Waals surface area (Å²) in [6, 6.07) is 15.9. The lowest BCUT2D eigenvalue weighted by Gasteiger charge is -1.99. The van der Waals surface area contributed by atoms with Crippen LogP contribution >= 0.6 is 11.8 Å². The summed E-state index contributed by atoms with van der Waals surface area (Å²) in [5, 5.41) is 0. The lowest BCUT2D eigenvalue weighted by atomic mass is 10.1. The Labute approximate surface area is 134 Å². The van der Waals surface area contributed by atoms with Crippen molar-refractivity contribution in [2.24, 2.45) is 0 Å². The second-order valence-electron chi connectivity index (χ2n) is 5.14. The second-order valence-corrected chi connectivity index (χ2v) is 6.41. The van der Waals surface area contributed by atoms with Gasteiger partial charge in [-0.2, -0.15) is 11.8 Å². The Bertz CT molecular complexity index is 780. The average molecular weight is 310 g/mol. The van der Waals surface area contributed by atoms with Gasteiger partial charge in [0.15, 0.2) is 5.78 Å². The van der Waals surface area contributed by atoms with E-state index in [9.17, 15) is 4.79 Å². The van der Waals surface area contributed by atoms with Crippen molar-refractivity contribution in [2.45, 2.75) is 13.3 Å². The average Bonchev–Trinajstić information content (AvgIpc) is 2.94. The number of ketones is 1. The third-order valence-corrected chi connectivity index (χ3v) is 4.38. The van der Waals surface area contributed by atoms with E-state index in [1.54, 1.807) is 11.8 Å². The molecule has 1 N–H and O–H groups in total. The maximum Gasteiger partial charge on any atom is 0.172 e. The summed E-state index contributed by atoms with van der Waals surface area (Å²) in [5.74, 6) is 2.59. The number of nitrogens with zero attached hydrogens (tertiary/aromatic N) is 1. The highest BCUT2D eigenvalue weighted by Gasteiger charge is 2.09. The Balaban J connectivity index is 1.82. The van der Waals surface area contributed by atoms with E-state index in [-0.39, 0.29) is 5.78 Å². The van der Waals surface area contributed by atoms with Crippen molar-refractivity contribution in [1.82, 2.24) is 9.97 Å². The molecule has 2 aromatic carbocycles. The number of carbonyl (C=O) groups is 1. The van der Waals surface area contributed by atoms with Gasteiger partial charge in [0.1, 0.15) is 5.82 Å². The van der Waals surface area contributed by atoms with E-state index in [4.69, 9.17) is 0 Å². The number of Topliss-reactive ketones (excluding diaryl/α,β-unsaturated/α-hetero) is 1. The van der Waals surface area contributed by atoms with Crippen molar-refractivity contribution < 1.29 is 4.79 Å². The molecule has 0 bridgehead atoms. The molecule has 0 radical (unpaired) electrons. The van der Waals surface area contributed by atoms with Crippen molar-refractivity contribution >= 4 is 28.6 Å². The number of H-pyrrole nitrogens is 1. The largest absolute Gasteiger partial charge is 0.342 e. The predicted octanol–water partition coefficient (Wildman–Crippen LogP) is 4.09. The molecule has 3 aromatic rings. The molecule has 0 saturated carbocycles. The fourth-order valence-corrected chi connectivity index (χ4v) is 2.94. The fourth-order valence-electron chi connectivity index (χ4n) is 2.39. The summed E-state index contributed by atoms with van der Waals surface area (Å²) >= 11 is 1.65. The first-order valence-electron chi connectivity index (χ1n) is 7.40. The minimum absolute atomic E-state index is 0.174. The standard InChI is InChI=1S/C18H18N2OS/c1-2-22-12-17(21)14-8-9-15-16(11-14)20-18(19-15)10-13-6-4-3-5-7-13/h3-9,11H,2,10,12H2,1H3,(H,19,20). The Hall–Kier alpha value is -2.07. The van der Waals surface area contributed by atoms with E-state index in [1.807, 2.05) is 36.4 Å². The Morgan fingerprint density at radius 3 is 2.77 bits per heavy atom. The number of imidazole rings is 1. The first-order valence-corrected chi connectivity index (χ1v) is 8.55. The minimum Gasteiger partial charge on any atom is -0.342 e. The molecule has 0 aliphatic carbocycles. The highest BCUT2D eigenvalue weighted by Crippen LogP contribution is 2.17. The van der Waals surface area contributed by atoms with Gasteiger partial charge < -0.3 is 4.98 Å². The van der Waals surface area contributed by atoms with Crippen LogP contribution in [-0.4, -0.2) is 27.3 Å². The molecule has 0 unspecified atom stereocenters. The van der Waals surface area contributed by atoms with Crippen molar-refractivity contribution in [3.63, 3.8) is 0 Å². The molecule has 0 aliphatic rings. The fraction of sp³-hybridized carbons (Fsp3) is 0.222. The van der Waals surface area contributed by atoms with Gasteiger partial charge in [-0.15, -0.1) is 0 Å². The number of fused-ring (bicyclic) bond motifs is 1. The lowest BCUT2D eigenvalue weighted by molar-refractivity contribution is 0.102. The summed E-state index contributed by atoms with van der Waals surface area (Å²) in [4.78, 5) is 20.0. The van der Waals surface area contributed by atoms with Gasteiger partial charge in [0.2, 0.25) is 0 Å². The summed E-state index contributed by atoms with van der Waals surface area (Å²) in [6.45, 7) is 2.06. The SMILES string of the molecule is CCSCC(=O)c1ccc2nc(Cc3ccccc3)[nH]c2c1. The molecule has 112 valence electrons. The monoisotopic (exact) mass is 310 g/mol. The van der Waals surface area contributed by atoms with Crippen LogP contribution < -0.4 is 0 Å². The van der Waals surface area contributed by atoms with Gasteiger partial charge in [0, 0.05) is 12.0 Å². The van der Waals surface area contributed by atoms with Crippen LogP contribution in [0.25, 0.3) is 11.0 Å². The first kappa shape index (κ1) is 14.9. The molecular formula is C18H18N2OS. The highest BCUT2D eigenvalue weighted by molar-refractivity contribution is 7.99. The summed E-state index contributed by atoms with van der Waals surface area (Å²) in [7, 11) is 0. The third-order valence-electron chi connectivity index (χ3n) is 3.50. The van der Waals surface area contributed by atoms with E-state index in [1.165, 1.54) is 5.56 Å². The number of aromatic nitrogens is 2. The third kappa shape index (κ3) is 3.39. The maximum atomic E-state index is 12.1. The molecule has 4 heteroatoms. The van der Waals surface area contributed by atoms with E-state index in [0.717, 1.165) is 34.6 Å². The zero-order chi connectivity index (χ0) is 15.4. The lowest BCUT2D eigenvalue weighted by Crippen LogP contribution is -2.02. The minimum atomic E-state index is 0.174. The van der Waals surface area contributed by atoms with Crippen molar-refractivity contribution in [3.05, 3.63) is 65.5 Å². The molecule has 0 aliphatic heterocycles. The van der Waals surface area contributed by atoms with Crippen LogP contribution in [0.1, 0.15) is 28.7 Å². The Morgan fingerprint density at radius 1 is 1.18 bits per heavy atom. The number of benzene rings is 2. The van der Waals surface area contributed by atoms with Gasteiger partial charge in [-0.3, -0.25) is 4.79 Å². The zero-order valence-electron chi connectivity index (χ0n) is 12.5. The number of hydrogen-bond donors (Lipinski definition) is 1. The van der Waals surface area contributed by atoms with Crippen LogP contribution in [0.15, 0.2) is 48.5 Å². The first-order chi connectivity index (χ1) is 10.8. The number of carbonyl (C=O) groups excluding carboxylic acids is 1. The maximum absolute atomic E-state index is 12.1. The van der Waals surface area contributed by atoms with Crippen molar-refractivity contribution in [2.75, 3.05) is 11.5 Å². The predicted molar refractivity (Wildman–Crippen MR) is 92.7 cm³/mol. The second kappa shape index (κ2) is 6.79. The van der Waals surface area contributed by atoms with Crippen LogP contribution in [0.2, 0.25) is 0 Å². The van der Waals surface area contributed by atoms with Crippen LogP contribution in [0.3, 0.4) is 0 Å². The number of aromatic amines is 1. The number of hydrogen-bond acceptors (Lipinski definition) is 3. The van der Waals surface area contributed by atoms with Crippen LogP contribution in [0, 0.1) is 0 Å². The van der Waals surface area contributed by atoms with Gasteiger partial charge in [-0.25, -0.2) is 4.98 Å². The van der Waals surface area contributed by atoms with Gasteiger partial charge in [-0.05, 0) is 29.5 Å². The normalized spacial score (nSPS) is 11.0. The summed E-state index contributed by atoms with van der Waals surface area (Å²) < 4.78 is 0. The summed E-state index contributed by atoms with van der Waals surface area (Å²) in [5.41, 5.74) is 3.81. The quantitative estimate of drug-likeness (QED) is 0.698. The zero-order valence-corrected chi connectivity index (χ0v) is 13.3. The molecule has 3 nitrogen and oxygen atoms in total. The van der Waals surface area contributed by atoms with Crippen molar-refractivity contribution in [1.29, 1.82) is 0 Å². The van der Waals surface area contributed by atoms with Crippen LogP contribution in [0.5, 0.6) is 0 Å². The van der Waals surface area contributed by atoms with Gasteiger partial charge >= 0.3 is 0 Å². The molecule has 1 aromatic heterocycles. The van der Waals surface area contributed by atoms with Crippen LogP contribution in [0.4, 0.5) is 0 Å². The van der Waals surface area contributed by atoms with Crippen molar-refractivity contribution in [3.8, 4) is 0 Å². The Kier molecular flexibility index (Phi) is 4.59. The van der Waals surface area contributed by atoms with Gasteiger partial charge in [-0.1, -0.05) is 37.3 Å². The van der Waals surface area contributed by atoms with Gasteiger partial charge in [0.25, 0.3) is 0 Å². The molecule has 0 fully saturated rings.